The van der Waals surface area contributed by atoms with E-state index in [1.807, 2.05) is 0 Å². The summed E-state index contributed by atoms with van der Waals surface area (Å²) in [5, 5.41) is 7.91. The van der Waals surface area contributed by atoms with Gasteiger partial charge in [0.25, 0.3) is 0 Å². The van der Waals surface area contributed by atoms with Gasteiger partial charge in [-0.2, -0.15) is 0 Å². The average molecular weight is 166 g/mol. The van der Waals surface area contributed by atoms with Gasteiger partial charge in [0.15, 0.2) is 0 Å². The zero-order valence-corrected chi connectivity index (χ0v) is 7.84. The van der Waals surface area contributed by atoms with E-state index in [1.165, 1.54) is 25.7 Å². The van der Waals surface area contributed by atoms with Crippen molar-refractivity contribution in [2.45, 2.75) is 57.5 Å². The first kappa shape index (κ1) is 8.09. The minimum Gasteiger partial charge on any atom is -0.355 e. The molecule has 0 aromatic rings. The fourth-order valence-corrected chi connectivity index (χ4v) is 2.72. The first-order valence-corrected chi connectivity index (χ1v) is 5.18. The summed E-state index contributed by atoms with van der Waals surface area (Å²) in [5.41, 5.74) is 0. The highest BCUT2D eigenvalue weighted by Crippen LogP contribution is 2.37. The van der Waals surface area contributed by atoms with Gasteiger partial charge in [0.1, 0.15) is 0 Å². The van der Waals surface area contributed by atoms with Crippen molar-refractivity contribution in [2.24, 2.45) is 0 Å². The molecule has 2 nitrogen and oxygen atoms in total. The summed E-state index contributed by atoms with van der Waals surface area (Å²) in [6, 6.07) is 1.49. The monoisotopic (exact) mass is 166 g/mol. The third kappa shape index (κ3) is 1.13. The molecule has 12 heavy (non-hydrogen) atoms. The van der Waals surface area contributed by atoms with Crippen molar-refractivity contribution in [3.8, 4) is 0 Å². The van der Waals surface area contributed by atoms with Crippen LogP contribution in [0.2, 0.25) is 0 Å². The Morgan fingerprint density at radius 3 is 2.17 bits per heavy atom. The van der Waals surface area contributed by atoms with Gasteiger partial charge in [0.05, 0.1) is 5.84 Å². The van der Waals surface area contributed by atoms with Gasteiger partial charge in [0, 0.05) is 18.5 Å². The van der Waals surface area contributed by atoms with Crippen LogP contribution in [0.15, 0.2) is 0 Å². The van der Waals surface area contributed by atoms with Crippen molar-refractivity contribution in [2.75, 3.05) is 0 Å². The molecule has 0 atom stereocenters. The Balaban J connectivity index is 2.00. The first-order valence-electron chi connectivity index (χ1n) is 5.18. The number of hydrogen-bond donors (Lipinski definition) is 1. The van der Waals surface area contributed by atoms with Gasteiger partial charge in [0.2, 0.25) is 0 Å². The van der Waals surface area contributed by atoms with Gasteiger partial charge in [-0.1, -0.05) is 6.92 Å². The summed E-state index contributed by atoms with van der Waals surface area (Å²) in [6.07, 6.45) is 7.48. The zero-order chi connectivity index (χ0) is 8.55. The van der Waals surface area contributed by atoms with Crippen molar-refractivity contribution < 1.29 is 0 Å². The summed E-state index contributed by atoms with van der Waals surface area (Å²) in [5.74, 6) is 0.905. The van der Waals surface area contributed by atoms with Crippen LogP contribution >= 0.6 is 0 Å². The largest absolute Gasteiger partial charge is 0.355 e. The van der Waals surface area contributed by atoms with Crippen LogP contribution in [-0.2, 0) is 0 Å². The van der Waals surface area contributed by atoms with Gasteiger partial charge in [-0.15, -0.1) is 0 Å². The van der Waals surface area contributed by atoms with Crippen LogP contribution in [-0.4, -0.2) is 22.8 Å². The van der Waals surface area contributed by atoms with Gasteiger partial charge in [-0.3, -0.25) is 5.41 Å². The number of nitrogens with one attached hydrogen (secondary N) is 1. The second-order valence-electron chi connectivity index (χ2n) is 4.07. The smallest absolute Gasteiger partial charge is 0.0962 e. The molecular formula is C10H18N2. The van der Waals surface area contributed by atoms with E-state index < -0.39 is 0 Å². The lowest BCUT2D eigenvalue weighted by Crippen LogP contribution is -2.34. The molecule has 0 spiro atoms. The molecule has 2 saturated heterocycles. The van der Waals surface area contributed by atoms with Crippen LogP contribution in [0.1, 0.15) is 45.4 Å². The molecule has 1 N–H and O–H groups in total. The number of hydrogen-bond acceptors (Lipinski definition) is 1. The first-order chi connectivity index (χ1) is 5.83. The van der Waals surface area contributed by atoms with Crippen LogP contribution in [0.4, 0.5) is 0 Å². The Hall–Kier alpha value is -0.530. The Bertz CT molecular complexity index is 168. The van der Waals surface area contributed by atoms with E-state index in [0.717, 1.165) is 30.8 Å². The molecule has 2 heteroatoms. The van der Waals surface area contributed by atoms with Gasteiger partial charge < -0.3 is 4.90 Å². The minimum absolute atomic E-state index is 0.744. The van der Waals surface area contributed by atoms with Crippen molar-refractivity contribution >= 4 is 5.84 Å². The quantitative estimate of drug-likeness (QED) is 0.495. The summed E-state index contributed by atoms with van der Waals surface area (Å²) in [7, 11) is 0. The fourth-order valence-electron chi connectivity index (χ4n) is 2.72. The van der Waals surface area contributed by atoms with E-state index in [9.17, 15) is 0 Å². The molecule has 0 radical (unpaired) electrons. The summed E-state index contributed by atoms with van der Waals surface area (Å²) < 4.78 is 0. The number of fused-ring (bicyclic) bond motifs is 2. The van der Waals surface area contributed by atoms with Crippen LogP contribution in [0.25, 0.3) is 0 Å². The van der Waals surface area contributed by atoms with Crippen LogP contribution in [0, 0.1) is 5.41 Å². The third-order valence-electron chi connectivity index (χ3n) is 3.25. The van der Waals surface area contributed by atoms with E-state index in [0.29, 0.717) is 0 Å². The van der Waals surface area contributed by atoms with Crippen molar-refractivity contribution in [1.82, 2.24) is 4.90 Å². The summed E-state index contributed by atoms with van der Waals surface area (Å²) in [6.45, 7) is 2.16. The summed E-state index contributed by atoms with van der Waals surface area (Å²) >= 11 is 0. The Kier molecular flexibility index (Phi) is 2.07. The van der Waals surface area contributed by atoms with E-state index in [-0.39, 0.29) is 0 Å². The zero-order valence-electron chi connectivity index (χ0n) is 7.84. The molecule has 0 amide bonds. The molecule has 68 valence electrons. The summed E-state index contributed by atoms with van der Waals surface area (Å²) in [4.78, 5) is 2.39. The highest BCUT2D eigenvalue weighted by molar-refractivity contribution is 5.80. The highest BCUT2D eigenvalue weighted by Gasteiger charge is 2.39. The maximum atomic E-state index is 7.91. The van der Waals surface area contributed by atoms with Gasteiger partial charge in [-0.05, 0) is 32.1 Å². The topological polar surface area (TPSA) is 27.1 Å². The minimum atomic E-state index is 0.744. The molecule has 0 unspecified atom stereocenters. The molecule has 2 rings (SSSR count). The van der Waals surface area contributed by atoms with Gasteiger partial charge in [-0.25, -0.2) is 0 Å². The van der Waals surface area contributed by atoms with E-state index in [4.69, 9.17) is 5.41 Å². The third-order valence-corrected chi connectivity index (χ3v) is 3.25. The molecule has 2 heterocycles. The van der Waals surface area contributed by atoms with E-state index in [2.05, 4.69) is 11.8 Å². The predicted octanol–water partition coefficient (Wildman–Crippen LogP) is 2.39. The standard InChI is InChI=1S/C10H18N2/c1-2-3-10(11)12-8-4-5-9(12)7-6-8/h8-9,11H,2-7H2,1H3. The molecule has 0 aromatic heterocycles. The lowest BCUT2D eigenvalue weighted by atomic mass is 10.0. The molecular weight excluding hydrogens is 148 g/mol. The number of rotatable bonds is 2. The van der Waals surface area contributed by atoms with E-state index >= 15 is 0 Å². The lowest BCUT2D eigenvalue weighted by molar-refractivity contribution is 0.387. The van der Waals surface area contributed by atoms with Crippen LogP contribution in [0.5, 0.6) is 0 Å². The highest BCUT2D eigenvalue weighted by atomic mass is 15.3. The SMILES string of the molecule is CCCC(=N)N1C2CCC1CC2. The second kappa shape index (κ2) is 3.08. The molecule has 0 aromatic carbocycles. The average Bonchev–Trinajstić information content (AvgIpc) is 2.62. The van der Waals surface area contributed by atoms with Crippen molar-refractivity contribution in [3.05, 3.63) is 0 Å². The molecule has 2 aliphatic heterocycles. The molecule has 2 bridgehead atoms. The Labute approximate surface area is 74.5 Å². The number of amidine groups is 1. The Morgan fingerprint density at radius 2 is 1.75 bits per heavy atom. The normalized spacial score (nSPS) is 32.9. The second-order valence-corrected chi connectivity index (χ2v) is 4.07. The Morgan fingerprint density at radius 1 is 1.25 bits per heavy atom. The van der Waals surface area contributed by atoms with Crippen LogP contribution in [0.3, 0.4) is 0 Å². The van der Waals surface area contributed by atoms with Crippen molar-refractivity contribution in [1.29, 1.82) is 5.41 Å². The predicted molar refractivity (Wildman–Crippen MR) is 50.5 cm³/mol. The molecule has 0 saturated carbocycles. The molecule has 0 aliphatic carbocycles. The van der Waals surface area contributed by atoms with Crippen molar-refractivity contribution in [3.63, 3.8) is 0 Å². The lowest BCUT2D eigenvalue weighted by Gasteiger charge is -2.24. The molecule has 2 fully saturated rings. The maximum Gasteiger partial charge on any atom is 0.0962 e. The fraction of sp³-hybridized carbons (Fsp3) is 0.900. The molecule has 2 aliphatic rings. The van der Waals surface area contributed by atoms with E-state index in [1.54, 1.807) is 0 Å². The van der Waals surface area contributed by atoms with Crippen LogP contribution < -0.4 is 0 Å². The maximum absolute atomic E-state index is 7.91. The number of nitrogens with zero attached hydrogens (tertiary/aromatic N) is 1. The van der Waals surface area contributed by atoms with Gasteiger partial charge >= 0.3 is 0 Å².